The maximum Gasteiger partial charge on any atom is 0.313 e. The van der Waals surface area contributed by atoms with Crippen molar-refractivity contribution in [3.05, 3.63) is 46.9 Å². The number of nitrogens with zero attached hydrogens (tertiary/aromatic N) is 1. The fraction of sp³-hybridized carbons (Fsp3) is 0.267. The van der Waals surface area contributed by atoms with E-state index in [0.29, 0.717) is 23.6 Å². The minimum absolute atomic E-state index is 0.316. The van der Waals surface area contributed by atoms with Gasteiger partial charge in [0.05, 0.1) is 0 Å². The summed E-state index contributed by atoms with van der Waals surface area (Å²) in [6.07, 6.45) is 0.485. The van der Waals surface area contributed by atoms with Gasteiger partial charge in [-0.25, -0.2) is 8.78 Å². The lowest BCUT2D eigenvalue weighted by atomic mass is 10.2. The number of nitrogens with one attached hydrogen (secondary N) is 2. The molecule has 0 saturated heterocycles. The molecular formula is C15H15F2N3O3. The molecule has 1 aromatic heterocycles. The van der Waals surface area contributed by atoms with Gasteiger partial charge in [-0.2, -0.15) is 0 Å². The molecule has 8 heteroatoms. The quantitative estimate of drug-likeness (QED) is 0.844. The summed E-state index contributed by atoms with van der Waals surface area (Å²) < 4.78 is 31.9. The van der Waals surface area contributed by atoms with Crippen molar-refractivity contribution in [2.75, 3.05) is 5.32 Å². The molecule has 0 aliphatic carbocycles. The van der Waals surface area contributed by atoms with Crippen LogP contribution < -0.4 is 10.6 Å². The Labute approximate surface area is 130 Å². The van der Waals surface area contributed by atoms with E-state index in [1.807, 2.05) is 0 Å². The number of hydrogen-bond donors (Lipinski definition) is 2. The van der Waals surface area contributed by atoms with Crippen molar-refractivity contribution >= 4 is 17.5 Å². The number of hydrogen-bond acceptors (Lipinski definition) is 4. The van der Waals surface area contributed by atoms with Crippen molar-refractivity contribution in [1.82, 2.24) is 10.5 Å². The van der Waals surface area contributed by atoms with Crippen LogP contribution in [0, 0.1) is 18.6 Å². The number of rotatable bonds is 4. The molecule has 2 rings (SSSR count). The molecule has 122 valence electrons. The van der Waals surface area contributed by atoms with Crippen molar-refractivity contribution in [2.45, 2.75) is 26.8 Å². The van der Waals surface area contributed by atoms with Crippen molar-refractivity contribution < 1.29 is 22.9 Å². The first-order chi connectivity index (χ1) is 10.9. The van der Waals surface area contributed by atoms with Gasteiger partial charge < -0.3 is 15.2 Å². The van der Waals surface area contributed by atoms with Gasteiger partial charge >= 0.3 is 11.8 Å². The minimum Gasteiger partial charge on any atom is -0.359 e. The SMILES string of the molecule is CCc1onc(C)c1NC(=O)C(=O)NCc1c(F)cccc1F. The summed E-state index contributed by atoms with van der Waals surface area (Å²) in [6, 6.07) is 3.35. The molecular weight excluding hydrogens is 308 g/mol. The van der Waals surface area contributed by atoms with Gasteiger partial charge in [-0.3, -0.25) is 9.59 Å². The monoisotopic (exact) mass is 323 g/mol. The van der Waals surface area contributed by atoms with Crippen LogP contribution in [0.3, 0.4) is 0 Å². The van der Waals surface area contributed by atoms with E-state index in [1.54, 1.807) is 13.8 Å². The van der Waals surface area contributed by atoms with Crippen LogP contribution in [0.25, 0.3) is 0 Å². The molecule has 0 fully saturated rings. The van der Waals surface area contributed by atoms with Gasteiger partial charge in [0.15, 0.2) is 5.76 Å². The highest BCUT2D eigenvalue weighted by Gasteiger charge is 2.20. The van der Waals surface area contributed by atoms with E-state index in [9.17, 15) is 18.4 Å². The van der Waals surface area contributed by atoms with Crippen molar-refractivity contribution in [2.24, 2.45) is 0 Å². The number of carbonyl (C=O) groups is 2. The highest BCUT2D eigenvalue weighted by atomic mass is 19.1. The zero-order chi connectivity index (χ0) is 17.0. The second-order valence-electron chi connectivity index (χ2n) is 4.76. The molecule has 2 amide bonds. The molecule has 2 aromatic rings. The lowest BCUT2D eigenvalue weighted by Gasteiger charge is -2.08. The lowest BCUT2D eigenvalue weighted by Crippen LogP contribution is -2.35. The third-order valence-electron chi connectivity index (χ3n) is 3.19. The summed E-state index contributed by atoms with van der Waals surface area (Å²) in [5.74, 6) is -3.15. The Hall–Kier alpha value is -2.77. The zero-order valence-electron chi connectivity index (χ0n) is 12.6. The largest absolute Gasteiger partial charge is 0.359 e. The molecule has 0 bridgehead atoms. The summed E-state index contributed by atoms with van der Waals surface area (Å²) in [6.45, 7) is 2.98. The Balaban J connectivity index is 2.01. The van der Waals surface area contributed by atoms with Crippen molar-refractivity contribution in [3.63, 3.8) is 0 Å². The average Bonchev–Trinajstić information content (AvgIpc) is 2.87. The summed E-state index contributed by atoms with van der Waals surface area (Å²) >= 11 is 0. The molecule has 0 atom stereocenters. The van der Waals surface area contributed by atoms with E-state index in [-0.39, 0.29) is 5.56 Å². The number of aryl methyl sites for hydroxylation is 2. The second kappa shape index (κ2) is 6.99. The molecule has 0 radical (unpaired) electrons. The third-order valence-corrected chi connectivity index (χ3v) is 3.19. The fourth-order valence-electron chi connectivity index (χ4n) is 1.94. The van der Waals surface area contributed by atoms with Crippen LogP contribution in [0.15, 0.2) is 22.7 Å². The van der Waals surface area contributed by atoms with Crippen LogP contribution in [-0.4, -0.2) is 17.0 Å². The van der Waals surface area contributed by atoms with Gasteiger partial charge in [0, 0.05) is 18.5 Å². The van der Waals surface area contributed by atoms with E-state index in [0.717, 1.165) is 12.1 Å². The Morgan fingerprint density at radius 1 is 1.22 bits per heavy atom. The zero-order valence-corrected chi connectivity index (χ0v) is 12.6. The van der Waals surface area contributed by atoms with Crippen LogP contribution in [0.2, 0.25) is 0 Å². The van der Waals surface area contributed by atoms with E-state index in [1.165, 1.54) is 6.07 Å². The lowest BCUT2D eigenvalue weighted by molar-refractivity contribution is -0.136. The molecule has 23 heavy (non-hydrogen) atoms. The molecule has 0 unspecified atom stereocenters. The molecule has 1 heterocycles. The molecule has 0 spiro atoms. The van der Waals surface area contributed by atoms with Gasteiger partial charge in [0.25, 0.3) is 0 Å². The Morgan fingerprint density at radius 2 is 1.87 bits per heavy atom. The van der Waals surface area contributed by atoms with Gasteiger partial charge in [-0.15, -0.1) is 0 Å². The number of amides is 2. The van der Waals surface area contributed by atoms with Gasteiger partial charge in [-0.05, 0) is 19.1 Å². The Morgan fingerprint density at radius 3 is 2.48 bits per heavy atom. The number of carbonyl (C=O) groups excluding carboxylic acids is 2. The van der Waals surface area contributed by atoms with Crippen molar-refractivity contribution in [3.8, 4) is 0 Å². The third kappa shape index (κ3) is 3.71. The van der Waals surface area contributed by atoms with Crippen LogP contribution in [0.1, 0.15) is 23.9 Å². The summed E-state index contributed by atoms with van der Waals surface area (Å²) in [7, 11) is 0. The first kappa shape index (κ1) is 16.6. The molecule has 0 aliphatic rings. The van der Waals surface area contributed by atoms with Gasteiger partial charge in [0.1, 0.15) is 23.0 Å². The smallest absolute Gasteiger partial charge is 0.313 e. The van der Waals surface area contributed by atoms with E-state index >= 15 is 0 Å². The molecule has 6 nitrogen and oxygen atoms in total. The predicted octanol–water partition coefficient (Wildman–Crippen LogP) is 2.08. The molecule has 0 aliphatic heterocycles. The standard InChI is InChI=1S/C15H15F2N3O3/c1-3-12-13(8(2)20-23-12)19-15(22)14(21)18-7-9-10(16)5-4-6-11(9)17/h4-6H,3,7H2,1-2H3,(H,18,21)(H,19,22). The highest BCUT2D eigenvalue weighted by molar-refractivity contribution is 6.39. The maximum atomic E-state index is 13.4. The van der Waals surface area contributed by atoms with E-state index in [2.05, 4.69) is 15.8 Å². The second-order valence-corrected chi connectivity index (χ2v) is 4.76. The number of aromatic nitrogens is 1. The van der Waals surface area contributed by atoms with E-state index in [4.69, 9.17) is 4.52 Å². The topological polar surface area (TPSA) is 84.2 Å². The Bertz CT molecular complexity index is 723. The summed E-state index contributed by atoms with van der Waals surface area (Å²) in [5.41, 5.74) is 0.442. The van der Waals surface area contributed by atoms with Crippen LogP contribution >= 0.6 is 0 Å². The average molecular weight is 323 g/mol. The predicted molar refractivity (Wildman–Crippen MR) is 77.5 cm³/mol. The first-order valence-electron chi connectivity index (χ1n) is 6.91. The first-order valence-corrected chi connectivity index (χ1v) is 6.91. The van der Waals surface area contributed by atoms with Gasteiger partial charge in [-0.1, -0.05) is 18.1 Å². The van der Waals surface area contributed by atoms with Crippen molar-refractivity contribution in [1.29, 1.82) is 0 Å². The van der Waals surface area contributed by atoms with E-state index < -0.39 is 30.0 Å². The number of anilines is 1. The summed E-state index contributed by atoms with van der Waals surface area (Å²) in [5, 5.41) is 8.24. The summed E-state index contributed by atoms with van der Waals surface area (Å²) in [4.78, 5) is 23.6. The minimum atomic E-state index is -1.02. The van der Waals surface area contributed by atoms with Crippen LogP contribution in [-0.2, 0) is 22.6 Å². The molecule has 0 saturated carbocycles. The van der Waals surface area contributed by atoms with Crippen LogP contribution in [0.4, 0.5) is 14.5 Å². The maximum absolute atomic E-state index is 13.4. The Kier molecular flexibility index (Phi) is 5.05. The fourth-order valence-corrected chi connectivity index (χ4v) is 1.94. The molecule has 1 aromatic carbocycles. The number of benzene rings is 1. The number of halogens is 2. The van der Waals surface area contributed by atoms with Gasteiger partial charge in [0.2, 0.25) is 0 Å². The van der Waals surface area contributed by atoms with Crippen LogP contribution in [0.5, 0.6) is 0 Å². The molecule has 2 N–H and O–H groups in total. The normalized spacial score (nSPS) is 10.4. The highest BCUT2D eigenvalue weighted by Crippen LogP contribution is 2.20.